The average Bonchev–Trinajstić information content (AvgIpc) is 2.19. The maximum absolute atomic E-state index is 8.74. The maximum atomic E-state index is 8.74. The summed E-state index contributed by atoms with van der Waals surface area (Å²) in [4.78, 5) is 4.38. The summed E-state index contributed by atoms with van der Waals surface area (Å²) in [5.41, 5.74) is 2.22. The largest absolute Gasteiger partial charge is 0.394 e. The van der Waals surface area contributed by atoms with Crippen molar-refractivity contribution in [2.24, 2.45) is 10.9 Å². The Morgan fingerprint density at radius 2 is 1.93 bits per heavy atom. The van der Waals surface area contributed by atoms with Gasteiger partial charge < -0.3 is 5.11 Å². The third kappa shape index (κ3) is 2.96. The van der Waals surface area contributed by atoms with Gasteiger partial charge in [-0.15, -0.1) is 0 Å². The Morgan fingerprint density at radius 1 is 1.29 bits per heavy atom. The fraction of sp³-hybridized carbons (Fsp3) is 0.417. The van der Waals surface area contributed by atoms with Gasteiger partial charge in [-0.3, -0.25) is 4.99 Å². The maximum Gasteiger partial charge on any atom is 0.0627 e. The van der Waals surface area contributed by atoms with E-state index < -0.39 is 0 Å². The van der Waals surface area contributed by atoms with Crippen molar-refractivity contribution in [2.75, 3.05) is 13.2 Å². The summed E-state index contributed by atoms with van der Waals surface area (Å²) in [7, 11) is 0. The van der Waals surface area contributed by atoms with E-state index >= 15 is 0 Å². The zero-order valence-electron chi connectivity index (χ0n) is 8.77. The van der Waals surface area contributed by atoms with Crippen LogP contribution in [0.2, 0.25) is 0 Å². The molecule has 0 bridgehead atoms. The molecule has 2 nitrogen and oxygen atoms in total. The van der Waals surface area contributed by atoms with Gasteiger partial charge in [-0.25, -0.2) is 0 Å². The van der Waals surface area contributed by atoms with Crippen LogP contribution in [0, 0.1) is 5.92 Å². The van der Waals surface area contributed by atoms with Gasteiger partial charge in [0.25, 0.3) is 0 Å². The highest BCUT2D eigenvalue weighted by Crippen LogP contribution is 2.09. The lowest BCUT2D eigenvalue weighted by molar-refractivity contribution is 0.306. The minimum Gasteiger partial charge on any atom is -0.394 e. The average molecular weight is 191 g/mol. The number of hydrogen-bond donors (Lipinski definition) is 1. The van der Waals surface area contributed by atoms with Gasteiger partial charge in [-0.2, -0.15) is 0 Å². The molecule has 0 spiro atoms. The van der Waals surface area contributed by atoms with Crippen LogP contribution in [0.15, 0.2) is 35.3 Å². The number of benzene rings is 1. The predicted molar refractivity (Wildman–Crippen MR) is 59.8 cm³/mol. The van der Waals surface area contributed by atoms with Crippen molar-refractivity contribution in [3.8, 4) is 0 Å². The monoisotopic (exact) mass is 191 g/mol. The Morgan fingerprint density at radius 3 is 2.43 bits per heavy atom. The van der Waals surface area contributed by atoms with Crippen molar-refractivity contribution in [3.05, 3.63) is 35.9 Å². The normalized spacial score (nSPS) is 12.1. The quantitative estimate of drug-likeness (QED) is 0.726. The predicted octanol–water partition coefficient (Wildman–Crippen LogP) is 2.12. The van der Waals surface area contributed by atoms with Crippen LogP contribution >= 0.6 is 0 Å². The highest BCUT2D eigenvalue weighted by atomic mass is 16.3. The van der Waals surface area contributed by atoms with E-state index in [9.17, 15) is 0 Å². The van der Waals surface area contributed by atoms with E-state index in [1.807, 2.05) is 18.2 Å². The van der Waals surface area contributed by atoms with Gasteiger partial charge in [0.1, 0.15) is 0 Å². The van der Waals surface area contributed by atoms with Crippen molar-refractivity contribution in [1.29, 1.82) is 0 Å². The van der Waals surface area contributed by atoms with Gasteiger partial charge in [0.15, 0.2) is 0 Å². The summed E-state index contributed by atoms with van der Waals surface area (Å²) in [5.74, 6) is 0.393. The molecule has 14 heavy (non-hydrogen) atoms. The van der Waals surface area contributed by atoms with Crippen molar-refractivity contribution in [3.63, 3.8) is 0 Å². The molecular weight excluding hydrogens is 174 g/mol. The van der Waals surface area contributed by atoms with Gasteiger partial charge in [-0.05, 0) is 11.5 Å². The highest BCUT2D eigenvalue weighted by Gasteiger charge is 2.06. The summed E-state index contributed by atoms with van der Waals surface area (Å²) in [6.07, 6.45) is 0. The molecule has 1 aromatic rings. The number of aliphatic hydroxyl groups is 1. The third-order valence-electron chi connectivity index (χ3n) is 2.00. The van der Waals surface area contributed by atoms with E-state index in [0.717, 1.165) is 11.3 Å². The zero-order valence-corrected chi connectivity index (χ0v) is 8.77. The van der Waals surface area contributed by atoms with Crippen molar-refractivity contribution < 1.29 is 5.11 Å². The zero-order chi connectivity index (χ0) is 10.4. The Hall–Kier alpha value is -1.15. The van der Waals surface area contributed by atoms with Gasteiger partial charge in [-0.1, -0.05) is 44.2 Å². The van der Waals surface area contributed by atoms with Gasteiger partial charge in [0, 0.05) is 5.71 Å². The smallest absolute Gasteiger partial charge is 0.0627 e. The SMILES string of the molecule is CC(C)C(=NCCO)c1ccccc1. The van der Waals surface area contributed by atoms with Gasteiger partial charge in [0.2, 0.25) is 0 Å². The highest BCUT2D eigenvalue weighted by molar-refractivity contribution is 6.01. The van der Waals surface area contributed by atoms with E-state index in [0.29, 0.717) is 12.5 Å². The van der Waals surface area contributed by atoms with Crippen LogP contribution in [-0.2, 0) is 0 Å². The molecule has 0 heterocycles. The minimum atomic E-state index is 0.114. The molecule has 1 aromatic carbocycles. The number of aliphatic imine (C=N–C) groups is 1. The van der Waals surface area contributed by atoms with Crippen molar-refractivity contribution >= 4 is 5.71 Å². The van der Waals surface area contributed by atoms with Crippen molar-refractivity contribution in [1.82, 2.24) is 0 Å². The topological polar surface area (TPSA) is 32.6 Å². The molecule has 0 radical (unpaired) electrons. The van der Waals surface area contributed by atoms with Crippen LogP contribution in [0.5, 0.6) is 0 Å². The fourth-order valence-corrected chi connectivity index (χ4v) is 1.39. The molecule has 0 aliphatic carbocycles. The lowest BCUT2D eigenvalue weighted by Gasteiger charge is -2.10. The van der Waals surface area contributed by atoms with E-state index in [4.69, 9.17) is 5.11 Å². The lowest BCUT2D eigenvalue weighted by Crippen LogP contribution is -2.10. The summed E-state index contributed by atoms with van der Waals surface area (Å²) in [5, 5.41) is 8.74. The Bertz CT molecular complexity index is 290. The molecule has 2 heteroatoms. The molecule has 0 aliphatic heterocycles. The molecule has 0 saturated heterocycles. The molecule has 0 aliphatic rings. The van der Waals surface area contributed by atoms with E-state index in [2.05, 4.69) is 31.0 Å². The van der Waals surface area contributed by atoms with Crippen LogP contribution in [0.4, 0.5) is 0 Å². The molecule has 76 valence electrons. The molecule has 0 aromatic heterocycles. The van der Waals surface area contributed by atoms with Crippen molar-refractivity contribution in [2.45, 2.75) is 13.8 Å². The Balaban J connectivity index is 2.89. The van der Waals surface area contributed by atoms with Gasteiger partial charge >= 0.3 is 0 Å². The number of rotatable bonds is 4. The summed E-state index contributed by atoms with van der Waals surface area (Å²) >= 11 is 0. The second kappa shape index (κ2) is 5.55. The van der Waals surface area contributed by atoms with Crippen LogP contribution in [0.25, 0.3) is 0 Å². The first-order chi connectivity index (χ1) is 6.75. The van der Waals surface area contributed by atoms with E-state index in [1.54, 1.807) is 0 Å². The number of aliphatic hydroxyl groups excluding tert-OH is 1. The summed E-state index contributed by atoms with van der Waals surface area (Å²) < 4.78 is 0. The molecule has 0 amide bonds. The first kappa shape index (κ1) is 10.9. The summed E-state index contributed by atoms with van der Waals surface area (Å²) in [6, 6.07) is 10.1. The number of hydrogen-bond acceptors (Lipinski definition) is 2. The Labute approximate surface area is 85.3 Å². The molecule has 1 rings (SSSR count). The first-order valence-corrected chi connectivity index (χ1v) is 4.96. The molecule has 0 atom stereocenters. The Kier molecular flexibility index (Phi) is 4.33. The summed E-state index contributed by atoms with van der Waals surface area (Å²) in [6.45, 7) is 4.83. The van der Waals surface area contributed by atoms with Crippen LogP contribution in [0.1, 0.15) is 19.4 Å². The first-order valence-electron chi connectivity index (χ1n) is 4.96. The second-order valence-corrected chi connectivity index (χ2v) is 3.51. The van der Waals surface area contributed by atoms with Crippen LogP contribution in [-0.4, -0.2) is 24.0 Å². The molecule has 0 fully saturated rings. The van der Waals surface area contributed by atoms with Crippen LogP contribution < -0.4 is 0 Å². The van der Waals surface area contributed by atoms with E-state index in [-0.39, 0.29) is 6.61 Å². The van der Waals surface area contributed by atoms with Gasteiger partial charge in [0.05, 0.1) is 13.2 Å². The second-order valence-electron chi connectivity index (χ2n) is 3.51. The molecule has 0 saturated carbocycles. The fourth-order valence-electron chi connectivity index (χ4n) is 1.39. The molecule has 1 N–H and O–H groups in total. The molecule has 0 unspecified atom stereocenters. The minimum absolute atomic E-state index is 0.114. The molecular formula is C12H17NO. The van der Waals surface area contributed by atoms with E-state index in [1.165, 1.54) is 0 Å². The standard InChI is InChI=1S/C12H17NO/c1-10(2)12(13-8-9-14)11-6-4-3-5-7-11/h3-7,10,14H,8-9H2,1-2H3. The number of nitrogens with zero attached hydrogens (tertiary/aromatic N) is 1. The van der Waals surface area contributed by atoms with Crippen LogP contribution in [0.3, 0.4) is 0 Å². The lowest BCUT2D eigenvalue weighted by atomic mass is 10.00. The third-order valence-corrected chi connectivity index (χ3v) is 2.00.